The van der Waals surface area contributed by atoms with E-state index in [9.17, 15) is 4.79 Å². The summed E-state index contributed by atoms with van der Waals surface area (Å²) in [4.78, 5) is 19.3. The molecule has 7 nitrogen and oxygen atoms in total. The van der Waals surface area contributed by atoms with E-state index in [0.29, 0.717) is 38.5 Å². The van der Waals surface area contributed by atoms with Crippen LogP contribution in [-0.4, -0.2) is 52.3 Å². The first-order chi connectivity index (χ1) is 11.7. The molecule has 2 aromatic rings. The summed E-state index contributed by atoms with van der Waals surface area (Å²) in [5.41, 5.74) is 0.977. The van der Waals surface area contributed by atoms with Crippen molar-refractivity contribution in [3.8, 4) is 5.75 Å². The van der Waals surface area contributed by atoms with E-state index in [1.165, 1.54) is 0 Å². The smallest absolute Gasteiger partial charge is 0.230 e. The van der Waals surface area contributed by atoms with Gasteiger partial charge in [-0.1, -0.05) is 18.2 Å². The van der Waals surface area contributed by atoms with Gasteiger partial charge < -0.3 is 14.4 Å². The summed E-state index contributed by atoms with van der Waals surface area (Å²) in [6.45, 7) is 3.99. The number of benzene rings is 1. The summed E-state index contributed by atoms with van der Waals surface area (Å²) in [5.74, 6) is 2.15. The number of hydrogen-bond acceptors (Lipinski definition) is 5. The van der Waals surface area contributed by atoms with Crippen LogP contribution in [0.2, 0.25) is 0 Å². The van der Waals surface area contributed by atoms with Crippen molar-refractivity contribution in [1.82, 2.24) is 20.1 Å². The molecular formula is C17H20N4O3. The second kappa shape index (κ2) is 6.24. The van der Waals surface area contributed by atoms with Crippen LogP contribution >= 0.6 is 0 Å². The van der Waals surface area contributed by atoms with Crippen LogP contribution in [0, 0.1) is 6.92 Å². The van der Waals surface area contributed by atoms with E-state index >= 15 is 0 Å². The third-order valence-electron chi connectivity index (χ3n) is 4.54. The van der Waals surface area contributed by atoms with Crippen LogP contribution < -0.4 is 4.74 Å². The molecule has 2 aliphatic rings. The standard InChI is InChI=1S/C17H20N4O3/c1-11-18-16(20-19-11)15-10-21(7-9-24-15)17(22)13-6-8-23-14-5-3-2-4-12(13)14/h2-5,13,15H,6-10H2,1H3,(H,18,19,20)/t13-,15+/m0/s1. The molecule has 0 aliphatic carbocycles. The summed E-state index contributed by atoms with van der Waals surface area (Å²) in [6.07, 6.45) is 0.431. The van der Waals surface area contributed by atoms with E-state index in [4.69, 9.17) is 9.47 Å². The molecular weight excluding hydrogens is 308 g/mol. The first-order valence-corrected chi connectivity index (χ1v) is 8.23. The predicted molar refractivity (Wildman–Crippen MR) is 85.7 cm³/mol. The normalized spacial score (nSPS) is 23.5. The fourth-order valence-corrected chi connectivity index (χ4v) is 3.33. The molecule has 1 aromatic heterocycles. The molecule has 0 radical (unpaired) electrons. The molecule has 3 heterocycles. The quantitative estimate of drug-likeness (QED) is 0.905. The van der Waals surface area contributed by atoms with Crippen molar-refractivity contribution in [2.24, 2.45) is 0 Å². The number of aromatic nitrogens is 3. The van der Waals surface area contributed by atoms with Gasteiger partial charge in [0.1, 0.15) is 17.7 Å². The van der Waals surface area contributed by atoms with Crippen LogP contribution in [0.4, 0.5) is 0 Å². The van der Waals surface area contributed by atoms with Crippen molar-refractivity contribution in [1.29, 1.82) is 0 Å². The maximum atomic E-state index is 13.1. The number of fused-ring (bicyclic) bond motifs is 1. The first-order valence-electron chi connectivity index (χ1n) is 8.23. The zero-order valence-electron chi connectivity index (χ0n) is 13.6. The average molecular weight is 328 g/mol. The van der Waals surface area contributed by atoms with Crippen molar-refractivity contribution in [2.45, 2.75) is 25.4 Å². The van der Waals surface area contributed by atoms with Crippen LogP contribution in [0.1, 0.15) is 35.7 Å². The van der Waals surface area contributed by atoms with E-state index in [-0.39, 0.29) is 17.9 Å². The number of carbonyl (C=O) groups is 1. The lowest BCUT2D eigenvalue weighted by Crippen LogP contribution is -2.45. The summed E-state index contributed by atoms with van der Waals surface area (Å²) in [7, 11) is 0. The number of aryl methyl sites for hydroxylation is 1. The Kier molecular flexibility index (Phi) is 3.93. The van der Waals surface area contributed by atoms with Gasteiger partial charge in [0.25, 0.3) is 0 Å². The Morgan fingerprint density at radius 3 is 3.04 bits per heavy atom. The highest BCUT2D eigenvalue weighted by atomic mass is 16.5. The summed E-state index contributed by atoms with van der Waals surface area (Å²) in [6, 6.07) is 7.79. The minimum absolute atomic E-state index is 0.131. The molecule has 0 saturated carbocycles. The summed E-state index contributed by atoms with van der Waals surface area (Å²) < 4.78 is 11.4. The Bertz CT molecular complexity index is 745. The Hall–Kier alpha value is -2.41. The minimum atomic E-state index is -0.275. The molecule has 1 N–H and O–H groups in total. The molecule has 1 amide bonds. The van der Waals surface area contributed by atoms with Gasteiger partial charge >= 0.3 is 0 Å². The number of hydrogen-bond donors (Lipinski definition) is 1. The highest BCUT2D eigenvalue weighted by Crippen LogP contribution is 2.35. The van der Waals surface area contributed by atoms with Crippen molar-refractivity contribution < 1.29 is 14.3 Å². The third-order valence-corrected chi connectivity index (χ3v) is 4.54. The maximum absolute atomic E-state index is 13.1. The lowest BCUT2D eigenvalue weighted by Gasteiger charge is -2.35. The zero-order chi connectivity index (χ0) is 16.5. The number of H-pyrrole nitrogens is 1. The van der Waals surface area contributed by atoms with Crippen LogP contribution in [-0.2, 0) is 9.53 Å². The van der Waals surface area contributed by atoms with Gasteiger partial charge in [-0.2, -0.15) is 5.10 Å². The Morgan fingerprint density at radius 1 is 1.33 bits per heavy atom. The zero-order valence-corrected chi connectivity index (χ0v) is 13.6. The predicted octanol–water partition coefficient (Wildman–Crippen LogP) is 1.58. The Labute approximate surface area is 140 Å². The largest absolute Gasteiger partial charge is 0.493 e. The number of ether oxygens (including phenoxy) is 2. The topological polar surface area (TPSA) is 80.3 Å². The maximum Gasteiger partial charge on any atom is 0.230 e. The number of rotatable bonds is 2. The second-order valence-corrected chi connectivity index (χ2v) is 6.15. The number of carbonyl (C=O) groups excluding carboxylic acids is 1. The van der Waals surface area contributed by atoms with Gasteiger partial charge in [-0.3, -0.25) is 9.89 Å². The molecule has 2 atom stereocenters. The average Bonchev–Trinajstić information content (AvgIpc) is 3.07. The summed E-state index contributed by atoms with van der Waals surface area (Å²) in [5, 5.41) is 6.99. The van der Waals surface area contributed by atoms with Gasteiger partial charge in [0.15, 0.2) is 5.82 Å². The van der Waals surface area contributed by atoms with Gasteiger partial charge in [0.05, 0.1) is 25.7 Å². The van der Waals surface area contributed by atoms with Crippen molar-refractivity contribution >= 4 is 5.91 Å². The number of para-hydroxylation sites is 1. The summed E-state index contributed by atoms with van der Waals surface area (Å²) >= 11 is 0. The highest BCUT2D eigenvalue weighted by molar-refractivity contribution is 5.85. The number of amides is 1. The van der Waals surface area contributed by atoms with E-state index in [1.807, 2.05) is 36.1 Å². The molecule has 0 unspecified atom stereocenters. The monoisotopic (exact) mass is 328 g/mol. The SMILES string of the molecule is Cc1nc([C@H]2CN(C(=O)[C@H]3CCOc4ccccc43)CCO2)n[nH]1. The molecule has 7 heteroatoms. The third kappa shape index (κ3) is 2.75. The number of aromatic amines is 1. The van der Waals surface area contributed by atoms with Crippen molar-refractivity contribution in [2.75, 3.05) is 26.3 Å². The van der Waals surface area contributed by atoms with E-state index < -0.39 is 0 Å². The minimum Gasteiger partial charge on any atom is -0.493 e. The van der Waals surface area contributed by atoms with Gasteiger partial charge in [0, 0.05) is 12.1 Å². The van der Waals surface area contributed by atoms with Gasteiger partial charge in [-0.15, -0.1) is 0 Å². The van der Waals surface area contributed by atoms with E-state index in [1.54, 1.807) is 0 Å². The lowest BCUT2D eigenvalue weighted by molar-refractivity contribution is -0.141. The van der Waals surface area contributed by atoms with Crippen LogP contribution in [0.25, 0.3) is 0 Å². The van der Waals surface area contributed by atoms with E-state index in [0.717, 1.165) is 17.1 Å². The molecule has 1 saturated heterocycles. The van der Waals surface area contributed by atoms with Crippen molar-refractivity contribution in [3.05, 3.63) is 41.5 Å². The molecule has 0 spiro atoms. The van der Waals surface area contributed by atoms with Gasteiger partial charge in [0.2, 0.25) is 5.91 Å². The van der Waals surface area contributed by atoms with Crippen LogP contribution in [0.3, 0.4) is 0 Å². The molecule has 1 fully saturated rings. The van der Waals surface area contributed by atoms with Gasteiger partial charge in [-0.25, -0.2) is 4.98 Å². The Balaban J connectivity index is 1.52. The number of nitrogens with zero attached hydrogens (tertiary/aromatic N) is 3. The Morgan fingerprint density at radius 2 is 2.21 bits per heavy atom. The highest BCUT2D eigenvalue weighted by Gasteiger charge is 2.34. The molecule has 126 valence electrons. The lowest BCUT2D eigenvalue weighted by atomic mass is 9.91. The molecule has 24 heavy (non-hydrogen) atoms. The number of morpholine rings is 1. The van der Waals surface area contributed by atoms with Crippen molar-refractivity contribution in [3.63, 3.8) is 0 Å². The fraction of sp³-hybridized carbons (Fsp3) is 0.471. The van der Waals surface area contributed by atoms with E-state index in [2.05, 4.69) is 15.2 Å². The van der Waals surface area contributed by atoms with Crippen LogP contribution in [0.15, 0.2) is 24.3 Å². The second-order valence-electron chi connectivity index (χ2n) is 6.15. The molecule has 0 bridgehead atoms. The first kappa shape index (κ1) is 15.1. The van der Waals surface area contributed by atoms with Gasteiger partial charge in [-0.05, 0) is 19.4 Å². The fourth-order valence-electron chi connectivity index (χ4n) is 3.33. The van der Waals surface area contributed by atoms with Crippen LogP contribution in [0.5, 0.6) is 5.75 Å². The molecule has 4 rings (SSSR count). The molecule has 2 aliphatic heterocycles. The molecule has 1 aromatic carbocycles. The number of nitrogens with one attached hydrogen (secondary N) is 1.